The van der Waals surface area contributed by atoms with Crippen LogP contribution in [0.25, 0.3) is 0 Å². The molecule has 1 radical (unpaired) electrons. The predicted molar refractivity (Wildman–Crippen MR) is 156 cm³/mol. The maximum atomic E-state index is 6.73. The summed E-state index contributed by atoms with van der Waals surface area (Å²) in [5.74, 6) is 0. The second-order valence-corrected chi connectivity index (χ2v) is 35.4. The summed E-state index contributed by atoms with van der Waals surface area (Å²) in [7, 11) is -14.0. The summed E-state index contributed by atoms with van der Waals surface area (Å²) in [5, 5.41) is 0. The van der Waals surface area contributed by atoms with Gasteiger partial charge >= 0.3 is 25.7 Å². The molecule has 1 rings (SSSR count). The van der Waals surface area contributed by atoms with Gasteiger partial charge in [0.2, 0.25) is 0 Å². The molecule has 1 fully saturated rings. The highest BCUT2D eigenvalue weighted by Crippen LogP contribution is 2.28. The van der Waals surface area contributed by atoms with Gasteiger partial charge in [-0.05, 0) is 90.7 Å². The topological polar surface area (TPSA) is 64.6 Å². The molecule has 0 aromatic rings. The van der Waals surface area contributed by atoms with Gasteiger partial charge in [0.1, 0.15) is 0 Å². The molecule has 3 unspecified atom stereocenters. The maximum absolute atomic E-state index is 6.73. The third-order valence-electron chi connectivity index (χ3n) is 5.04. The monoisotopic (exact) mass is 603 g/mol. The fourth-order valence-electron chi connectivity index (χ4n) is 4.55. The first-order chi connectivity index (χ1) is 14.9. The van der Waals surface area contributed by atoms with E-state index >= 15 is 0 Å². The fraction of sp³-hybridized carbons (Fsp3) is 1.00. The van der Waals surface area contributed by atoms with Crippen molar-refractivity contribution in [2.45, 2.75) is 116 Å². The van der Waals surface area contributed by atoms with Gasteiger partial charge in [0, 0.05) is 0 Å². The van der Waals surface area contributed by atoms with Crippen molar-refractivity contribution >= 4 is 70.9 Å². The van der Waals surface area contributed by atoms with Crippen LogP contribution in [0, 0.1) is 0 Å². The van der Waals surface area contributed by atoms with Gasteiger partial charge < -0.3 is 28.8 Å². The SMILES string of the molecule is C[Si](C)O[Si](C)(CCCCCC[Si]1(C)O[SiH](C)O[SiH](C)O[SiH](C)O1)O[Si](C)(C)O[Si](C)(C)C. The molecule has 15 heteroatoms. The molecule has 1 aliphatic heterocycles. The lowest BCUT2D eigenvalue weighted by atomic mass is 10.2. The molecule has 0 amide bonds. The van der Waals surface area contributed by atoms with Crippen molar-refractivity contribution in [2.24, 2.45) is 0 Å². The lowest BCUT2D eigenvalue weighted by molar-refractivity contribution is 0.273. The van der Waals surface area contributed by atoms with E-state index in [2.05, 4.69) is 78.6 Å². The number of rotatable bonds is 13. The second-order valence-electron chi connectivity index (χ2n) is 11.1. The molecule has 1 heterocycles. The quantitative estimate of drug-likeness (QED) is 0.213. The van der Waals surface area contributed by atoms with E-state index in [-0.39, 0.29) is 0 Å². The normalized spacial score (nSPS) is 29.5. The summed E-state index contributed by atoms with van der Waals surface area (Å²) in [4.78, 5) is 0. The van der Waals surface area contributed by atoms with Crippen molar-refractivity contribution in [3.8, 4) is 0 Å². The van der Waals surface area contributed by atoms with Gasteiger partial charge in [-0.1, -0.05) is 25.7 Å². The van der Waals surface area contributed by atoms with E-state index in [4.69, 9.17) is 28.8 Å². The van der Waals surface area contributed by atoms with E-state index in [1.54, 1.807) is 0 Å². The van der Waals surface area contributed by atoms with Gasteiger partial charge in [0.05, 0.1) is 0 Å². The molecule has 0 bridgehead atoms. The zero-order chi connectivity index (χ0) is 25.5. The van der Waals surface area contributed by atoms with Crippen LogP contribution in [-0.4, -0.2) is 70.9 Å². The molecule has 1 saturated heterocycles. The largest absolute Gasteiger partial charge is 0.437 e. The second kappa shape index (κ2) is 13.8. The highest BCUT2D eigenvalue weighted by molar-refractivity contribution is 6.87. The predicted octanol–water partition coefficient (Wildman–Crippen LogP) is 5.16. The van der Waals surface area contributed by atoms with E-state index in [0.717, 1.165) is 24.9 Å². The molecule has 1 aliphatic rings. The van der Waals surface area contributed by atoms with Crippen LogP contribution < -0.4 is 0 Å². The molecule has 0 aliphatic carbocycles. The van der Waals surface area contributed by atoms with Crippen LogP contribution in [0.4, 0.5) is 0 Å². The summed E-state index contributed by atoms with van der Waals surface area (Å²) >= 11 is 0. The first kappa shape index (κ1) is 32.5. The molecule has 7 nitrogen and oxygen atoms in total. The molecule has 0 aromatic carbocycles. The standard InChI is InChI=1S/C18H51O7Si8/c1-26(2)21-33(12,25-31(9,10)24-30(6,7)8)18-16-14-13-15-17-32(11)22-28(4)19-27(3)20-29(5)23-32/h27-29H,13-18H2,1-12H3. The van der Waals surface area contributed by atoms with Crippen LogP contribution in [0.2, 0.25) is 90.7 Å². The van der Waals surface area contributed by atoms with E-state index in [0.29, 0.717) is 0 Å². The Balaban J connectivity index is 2.53. The first-order valence-corrected chi connectivity index (χ1v) is 32.5. The molecule has 0 aromatic heterocycles. The Hall–Kier alpha value is 1.46. The van der Waals surface area contributed by atoms with Crippen molar-refractivity contribution in [3.05, 3.63) is 0 Å². The van der Waals surface area contributed by atoms with Gasteiger partial charge in [0.15, 0.2) is 17.4 Å². The average Bonchev–Trinajstić information content (AvgIpc) is 2.52. The Kier molecular flexibility index (Phi) is 13.6. The van der Waals surface area contributed by atoms with Crippen molar-refractivity contribution in [3.63, 3.8) is 0 Å². The van der Waals surface area contributed by atoms with Gasteiger partial charge in [-0.3, -0.25) is 0 Å². The van der Waals surface area contributed by atoms with Crippen molar-refractivity contribution in [1.82, 2.24) is 0 Å². The number of hydrogen-bond acceptors (Lipinski definition) is 7. The van der Waals surface area contributed by atoms with Gasteiger partial charge in [-0.25, -0.2) is 0 Å². The van der Waals surface area contributed by atoms with Gasteiger partial charge in [-0.15, -0.1) is 0 Å². The van der Waals surface area contributed by atoms with Gasteiger partial charge in [0.25, 0.3) is 27.9 Å². The summed E-state index contributed by atoms with van der Waals surface area (Å²) in [6.45, 7) is 26.2. The van der Waals surface area contributed by atoms with Crippen LogP contribution in [0.1, 0.15) is 25.7 Å². The zero-order valence-electron chi connectivity index (χ0n) is 23.3. The van der Waals surface area contributed by atoms with Crippen molar-refractivity contribution in [1.29, 1.82) is 0 Å². The maximum Gasteiger partial charge on any atom is 0.316 e. The molecule has 197 valence electrons. The Bertz CT molecular complexity index is 566. The van der Waals surface area contributed by atoms with Crippen molar-refractivity contribution < 1.29 is 28.8 Å². The molecular weight excluding hydrogens is 553 g/mol. The molecule has 0 saturated carbocycles. The molecular formula is C18H51O7Si8. The lowest BCUT2D eigenvalue weighted by Gasteiger charge is -2.39. The van der Waals surface area contributed by atoms with E-state index in [9.17, 15) is 0 Å². The van der Waals surface area contributed by atoms with Crippen LogP contribution in [-0.2, 0) is 28.8 Å². The highest BCUT2D eigenvalue weighted by Gasteiger charge is 2.42. The van der Waals surface area contributed by atoms with Crippen LogP contribution in [0.3, 0.4) is 0 Å². The Morgan fingerprint density at radius 2 is 1.27 bits per heavy atom. The molecule has 0 spiro atoms. The lowest BCUT2D eigenvalue weighted by Crippen LogP contribution is -2.55. The van der Waals surface area contributed by atoms with E-state index in [1.807, 2.05) is 0 Å². The van der Waals surface area contributed by atoms with Gasteiger partial charge in [-0.2, -0.15) is 0 Å². The number of hydrogen-bond donors (Lipinski definition) is 0. The smallest absolute Gasteiger partial charge is 0.316 e. The first-order valence-electron chi connectivity index (χ1n) is 12.5. The molecule has 0 N–H and O–H groups in total. The van der Waals surface area contributed by atoms with Crippen molar-refractivity contribution in [2.75, 3.05) is 0 Å². The third-order valence-corrected chi connectivity index (χ3v) is 31.8. The summed E-state index contributed by atoms with van der Waals surface area (Å²) in [6.07, 6.45) is 4.64. The zero-order valence-corrected chi connectivity index (χ0v) is 31.8. The minimum absolute atomic E-state index is 0.821. The fourth-order valence-corrected chi connectivity index (χ4v) is 35.6. The minimum Gasteiger partial charge on any atom is -0.437 e. The average molecular weight is 604 g/mol. The summed E-state index contributed by atoms with van der Waals surface area (Å²) in [5.41, 5.74) is 0. The summed E-state index contributed by atoms with van der Waals surface area (Å²) < 4.78 is 44.6. The minimum atomic E-state index is -2.25. The van der Waals surface area contributed by atoms with Crippen LogP contribution in [0.5, 0.6) is 0 Å². The van der Waals surface area contributed by atoms with Crippen LogP contribution in [0.15, 0.2) is 0 Å². The Morgan fingerprint density at radius 3 is 1.76 bits per heavy atom. The van der Waals surface area contributed by atoms with E-state index < -0.39 is 70.9 Å². The Morgan fingerprint density at radius 1 is 0.758 bits per heavy atom. The highest BCUT2D eigenvalue weighted by atomic mass is 28.5. The Labute approximate surface area is 215 Å². The van der Waals surface area contributed by atoms with E-state index in [1.165, 1.54) is 12.8 Å². The molecule has 3 atom stereocenters. The third kappa shape index (κ3) is 14.7. The number of unbranched alkanes of at least 4 members (excludes halogenated alkanes) is 3. The molecule has 33 heavy (non-hydrogen) atoms. The summed E-state index contributed by atoms with van der Waals surface area (Å²) in [6, 6.07) is 2.06. The van der Waals surface area contributed by atoms with Crippen LogP contribution >= 0.6 is 0 Å².